The average Bonchev–Trinajstić information content (AvgIpc) is 2.93. The highest BCUT2D eigenvalue weighted by atomic mass is 35.5. The Morgan fingerprint density at radius 1 is 1.17 bits per heavy atom. The molecule has 1 aliphatic heterocycles. The van der Waals surface area contributed by atoms with Crippen LogP contribution in [0.1, 0.15) is 17.5 Å². The van der Waals surface area contributed by atoms with Gasteiger partial charge >= 0.3 is 0 Å². The predicted molar refractivity (Wildman–Crippen MR) is 96.5 cm³/mol. The number of anilines is 2. The molecule has 24 heavy (non-hydrogen) atoms. The fourth-order valence-electron chi connectivity index (χ4n) is 2.90. The summed E-state index contributed by atoms with van der Waals surface area (Å²) in [6, 6.07) is 13.1. The van der Waals surface area contributed by atoms with Crippen LogP contribution in [0, 0.1) is 19.8 Å². The van der Waals surface area contributed by atoms with Crippen molar-refractivity contribution in [2.24, 2.45) is 5.92 Å². The second-order valence-electron chi connectivity index (χ2n) is 6.15. The molecule has 1 heterocycles. The van der Waals surface area contributed by atoms with Crippen LogP contribution in [0.4, 0.5) is 11.4 Å². The minimum Gasteiger partial charge on any atom is -0.326 e. The molecule has 0 unspecified atom stereocenters. The van der Waals surface area contributed by atoms with Crippen molar-refractivity contribution in [1.82, 2.24) is 0 Å². The highest BCUT2D eigenvalue weighted by molar-refractivity contribution is 6.31. The molecule has 1 fully saturated rings. The molecule has 3 rings (SSSR count). The monoisotopic (exact) mass is 342 g/mol. The van der Waals surface area contributed by atoms with Gasteiger partial charge < -0.3 is 10.2 Å². The highest BCUT2D eigenvalue weighted by Gasteiger charge is 2.35. The minimum atomic E-state index is -0.364. The van der Waals surface area contributed by atoms with Crippen LogP contribution in [0.3, 0.4) is 0 Å². The van der Waals surface area contributed by atoms with Crippen molar-refractivity contribution >= 4 is 34.8 Å². The number of para-hydroxylation sites is 1. The summed E-state index contributed by atoms with van der Waals surface area (Å²) in [6.07, 6.45) is 0.222. The number of rotatable bonds is 3. The molecule has 0 bridgehead atoms. The lowest BCUT2D eigenvalue weighted by Crippen LogP contribution is -2.28. The third-order valence-corrected chi connectivity index (χ3v) is 4.75. The first-order valence-corrected chi connectivity index (χ1v) is 8.26. The first-order chi connectivity index (χ1) is 11.5. The molecule has 0 spiro atoms. The Labute approximate surface area is 146 Å². The zero-order valence-electron chi connectivity index (χ0n) is 13.7. The number of halogens is 1. The first kappa shape index (κ1) is 16.5. The Kier molecular flexibility index (Phi) is 4.58. The van der Waals surface area contributed by atoms with Gasteiger partial charge in [0.05, 0.1) is 5.92 Å². The van der Waals surface area contributed by atoms with Crippen LogP contribution < -0.4 is 10.2 Å². The first-order valence-electron chi connectivity index (χ1n) is 7.88. The van der Waals surface area contributed by atoms with Crippen molar-refractivity contribution in [2.75, 3.05) is 16.8 Å². The van der Waals surface area contributed by atoms with E-state index in [0.29, 0.717) is 17.3 Å². The lowest BCUT2D eigenvalue weighted by atomic mass is 10.1. The molecule has 0 radical (unpaired) electrons. The minimum absolute atomic E-state index is 0.0219. The normalized spacial score (nSPS) is 17.2. The number of hydrogen-bond donors (Lipinski definition) is 1. The summed E-state index contributed by atoms with van der Waals surface area (Å²) in [4.78, 5) is 26.5. The molecule has 1 atom stereocenters. The number of nitrogens with one attached hydrogen (secondary N) is 1. The molecular formula is C19H19ClN2O2. The van der Waals surface area contributed by atoms with Gasteiger partial charge in [-0.2, -0.15) is 0 Å². The Bertz CT molecular complexity index is 804. The van der Waals surface area contributed by atoms with Crippen LogP contribution in [-0.4, -0.2) is 18.4 Å². The molecule has 1 aliphatic rings. The smallest absolute Gasteiger partial charge is 0.229 e. The van der Waals surface area contributed by atoms with E-state index in [1.807, 2.05) is 50.2 Å². The summed E-state index contributed by atoms with van der Waals surface area (Å²) in [5.41, 5.74) is 3.50. The van der Waals surface area contributed by atoms with Gasteiger partial charge in [-0.25, -0.2) is 0 Å². The fourth-order valence-corrected chi connectivity index (χ4v) is 3.08. The summed E-state index contributed by atoms with van der Waals surface area (Å²) < 4.78 is 0. The SMILES string of the molecule is Cc1ccc(NC(=O)[C@H]2CC(=O)N(c3ccccc3C)C2)cc1Cl. The summed E-state index contributed by atoms with van der Waals surface area (Å²) >= 11 is 6.09. The summed E-state index contributed by atoms with van der Waals surface area (Å²) in [5, 5.41) is 3.47. The van der Waals surface area contributed by atoms with E-state index >= 15 is 0 Å². The summed E-state index contributed by atoms with van der Waals surface area (Å²) in [5.74, 6) is -0.539. The van der Waals surface area contributed by atoms with Crippen molar-refractivity contribution in [3.63, 3.8) is 0 Å². The molecule has 2 aromatic rings. The maximum absolute atomic E-state index is 12.5. The maximum Gasteiger partial charge on any atom is 0.229 e. The largest absolute Gasteiger partial charge is 0.326 e. The molecule has 4 nitrogen and oxygen atoms in total. The quantitative estimate of drug-likeness (QED) is 0.918. The third kappa shape index (κ3) is 3.29. The van der Waals surface area contributed by atoms with E-state index in [1.165, 1.54) is 0 Å². The van der Waals surface area contributed by atoms with E-state index in [1.54, 1.807) is 11.0 Å². The molecule has 0 aromatic heterocycles. The number of nitrogens with zero attached hydrogens (tertiary/aromatic N) is 1. The lowest BCUT2D eigenvalue weighted by molar-refractivity contribution is -0.122. The Morgan fingerprint density at radius 2 is 1.92 bits per heavy atom. The molecule has 124 valence electrons. The van der Waals surface area contributed by atoms with Gasteiger partial charge in [-0.1, -0.05) is 35.9 Å². The van der Waals surface area contributed by atoms with Crippen LogP contribution in [0.25, 0.3) is 0 Å². The van der Waals surface area contributed by atoms with Crippen molar-refractivity contribution in [2.45, 2.75) is 20.3 Å². The van der Waals surface area contributed by atoms with E-state index in [9.17, 15) is 9.59 Å². The van der Waals surface area contributed by atoms with Gasteiger partial charge in [0.25, 0.3) is 0 Å². The number of benzene rings is 2. The number of carbonyl (C=O) groups excluding carboxylic acids is 2. The molecule has 5 heteroatoms. The van der Waals surface area contributed by atoms with E-state index in [4.69, 9.17) is 11.6 Å². The van der Waals surface area contributed by atoms with Gasteiger partial charge in [-0.3, -0.25) is 9.59 Å². The van der Waals surface area contributed by atoms with Crippen molar-refractivity contribution in [3.8, 4) is 0 Å². The fraction of sp³-hybridized carbons (Fsp3) is 0.263. The van der Waals surface area contributed by atoms with Crippen LogP contribution in [0.5, 0.6) is 0 Å². The Morgan fingerprint density at radius 3 is 2.62 bits per heavy atom. The zero-order chi connectivity index (χ0) is 17.3. The Hall–Kier alpha value is -2.33. The number of amides is 2. The van der Waals surface area contributed by atoms with E-state index < -0.39 is 0 Å². The van der Waals surface area contributed by atoms with Gasteiger partial charge in [-0.05, 0) is 43.2 Å². The van der Waals surface area contributed by atoms with Crippen LogP contribution in [0.2, 0.25) is 5.02 Å². The van der Waals surface area contributed by atoms with Crippen molar-refractivity contribution < 1.29 is 9.59 Å². The number of aryl methyl sites for hydroxylation is 2. The van der Waals surface area contributed by atoms with E-state index in [-0.39, 0.29) is 24.2 Å². The van der Waals surface area contributed by atoms with Gasteiger partial charge in [-0.15, -0.1) is 0 Å². The average molecular weight is 343 g/mol. The highest BCUT2D eigenvalue weighted by Crippen LogP contribution is 2.28. The second-order valence-corrected chi connectivity index (χ2v) is 6.55. The molecule has 0 aliphatic carbocycles. The van der Waals surface area contributed by atoms with Gasteiger partial charge in [0.1, 0.15) is 0 Å². The van der Waals surface area contributed by atoms with E-state index in [2.05, 4.69) is 5.32 Å². The Balaban J connectivity index is 1.72. The third-order valence-electron chi connectivity index (χ3n) is 4.34. The van der Waals surface area contributed by atoms with Crippen LogP contribution >= 0.6 is 11.6 Å². The van der Waals surface area contributed by atoms with Crippen LogP contribution in [0.15, 0.2) is 42.5 Å². The van der Waals surface area contributed by atoms with Crippen molar-refractivity contribution in [1.29, 1.82) is 0 Å². The van der Waals surface area contributed by atoms with E-state index in [0.717, 1.165) is 16.8 Å². The summed E-state index contributed by atoms with van der Waals surface area (Å²) in [6.45, 7) is 4.27. The molecule has 1 saturated heterocycles. The molecule has 2 aromatic carbocycles. The molecule has 0 saturated carbocycles. The van der Waals surface area contributed by atoms with Gasteiger partial charge in [0.15, 0.2) is 0 Å². The summed E-state index contributed by atoms with van der Waals surface area (Å²) in [7, 11) is 0. The number of hydrogen-bond acceptors (Lipinski definition) is 2. The lowest BCUT2D eigenvalue weighted by Gasteiger charge is -2.19. The van der Waals surface area contributed by atoms with Crippen molar-refractivity contribution in [3.05, 3.63) is 58.6 Å². The topological polar surface area (TPSA) is 49.4 Å². The van der Waals surface area contributed by atoms with Gasteiger partial charge in [0, 0.05) is 29.4 Å². The van der Waals surface area contributed by atoms with Crippen LogP contribution in [-0.2, 0) is 9.59 Å². The second kappa shape index (κ2) is 6.65. The zero-order valence-corrected chi connectivity index (χ0v) is 14.4. The predicted octanol–water partition coefficient (Wildman–Crippen LogP) is 3.95. The standard InChI is InChI=1S/C19H19ClN2O2/c1-12-7-8-15(10-16(12)20)21-19(24)14-9-18(23)22(11-14)17-6-4-3-5-13(17)2/h3-8,10,14H,9,11H2,1-2H3,(H,21,24)/t14-/m0/s1. The molecule has 2 amide bonds. The molecular weight excluding hydrogens is 324 g/mol. The maximum atomic E-state index is 12.5. The van der Waals surface area contributed by atoms with Gasteiger partial charge in [0.2, 0.25) is 11.8 Å². The number of carbonyl (C=O) groups is 2. The molecule has 1 N–H and O–H groups in total.